The number of nitrogens with zero attached hydrogens (tertiary/aromatic N) is 3. The van der Waals surface area contributed by atoms with Crippen molar-refractivity contribution in [2.45, 2.75) is 19.4 Å². The van der Waals surface area contributed by atoms with E-state index in [-0.39, 0.29) is 11.9 Å². The van der Waals surface area contributed by atoms with Gasteiger partial charge in [0, 0.05) is 35.8 Å². The molecule has 1 atom stereocenters. The molecule has 3 rings (SSSR count). The van der Waals surface area contributed by atoms with Crippen molar-refractivity contribution in [3.8, 4) is 0 Å². The summed E-state index contributed by atoms with van der Waals surface area (Å²) in [6, 6.07) is 15.3. The maximum absolute atomic E-state index is 12.6. The largest absolute Gasteiger partial charge is 0.350 e. The molecule has 1 amide bonds. The number of hydrogen-bond acceptors (Lipinski definition) is 4. The number of carbonyl (C=O) groups is 1. The van der Waals surface area contributed by atoms with E-state index in [4.69, 9.17) is 11.6 Å². The first-order chi connectivity index (χ1) is 13.0. The average molecular weight is 385 g/mol. The summed E-state index contributed by atoms with van der Waals surface area (Å²) in [5, 5.41) is 10.2. The number of hydrogen-bond donors (Lipinski definition) is 1. The van der Waals surface area contributed by atoms with Crippen molar-refractivity contribution < 1.29 is 4.79 Å². The van der Waals surface area contributed by atoms with Gasteiger partial charge in [0.1, 0.15) is 0 Å². The Morgan fingerprint density at radius 1 is 1.22 bits per heavy atom. The lowest BCUT2D eigenvalue weighted by Gasteiger charge is -2.26. The second-order valence-electron chi connectivity index (χ2n) is 6.97. The zero-order valence-electron chi connectivity index (χ0n) is 15.9. The summed E-state index contributed by atoms with van der Waals surface area (Å²) in [4.78, 5) is 14.6. The van der Waals surface area contributed by atoms with Crippen LogP contribution in [0.4, 0.5) is 5.69 Å². The van der Waals surface area contributed by atoms with E-state index in [1.54, 1.807) is 0 Å². The molecule has 1 aliphatic heterocycles. The molecule has 0 saturated carbocycles. The molecule has 6 heteroatoms. The Hall–Kier alpha value is -2.37. The lowest BCUT2D eigenvalue weighted by Crippen LogP contribution is -2.34. The van der Waals surface area contributed by atoms with Gasteiger partial charge < -0.3 is 10.2 Å². The van der Waals surface area contributed by atoms with Crippen LogP contribution in [0, 0.1) is 0 Å². The number of nitrogens with one attached hydrogen (secondary N) is 1. The second-order valence-corrected chi connectivity index (χ2v) is 7.37. The monoisotopic (exact) mass is 384 g/mol. The number of halogens is 1. The molecule has 2 aromatic rings. The summed E-state index contributed by atoms with van der Waals surface area (Å²) in [5.41, 5.74) is 3.77. The molecule has 27 heavy (non-hydrogen) atoms. The van der Waals surface area contributed by atoms with E-state index < -0.39 is 0 Å². The standard InChI is InChI=1S/C21H25ClN4O/c1-15-12-13-26(24-15)17-10-8-16(9-11-17)21(27)23-14-20(25(2)3)18-6-4-5-7-19(18)22/h4-11,20H,12-14H2,1-3H3,(H,23,27). The normalized spacial score (nSPS) is 15.0. The van der Waals surface area contributed by atoms with E-state index in [0.29, 0.717) is 17.1 Å². The van der Waals surface area contributed by atoms with E-state index in [1.165, 1.54) is 0 Å². The van der Waals surface area contributed by atoms with Gasteiger partial charge in [-0.2, -0.15) is 5.10 Å². The maximum atomic E-state index is 12.6. The molecule has 142 valence electrons. The summed E-state index contributed by atoms with van der Waals surface area (Å²) < 4.78 is 0. The summed E-state index contributed by atoms with van der Waals surface area (Å²) in [5.74, 6) is -0.0958. The van der Waals surface area contributed by atoms with Gasteiger partial charge in [0.05, 0.1) is 11.7 Å². The second kappa shape index (κ2) is 8.55. The van der Waals surface area contributed by atoms with Gasteiger partial charge in [-0.25, -0.2) is 0 Å². The molecule has 0 aromatic heterocycles. The van der Waals surface area contributed by atoms with Crippen molar-refractivity contribution >= 4 is 28.9 Å². The third-order valence-electron chi connectivity index (χ3n) is 4.75. The Morgan fingerprint density at radius 2 is 1.93 bits per heavy atom. The predicted molar refractivity (Wildman–Crippen MR) is 112 cm³/mol. The number of carbonyl (C=O) groups excluding carboxylic acids is 1. The van der Waals surface area contributed by atoms with Crippen LogP contribution in [0.25, 0.3) is 0 Å². The molecule has 1 heterocycles. The Kier molecular flexibility index (Phi) is 6.14. The van der Waals surface area contributed by atoms with Crippen molar-refractivity contribution in [2.75, 3.05) is 32.2 Å². The van der Waals surface area contributed by atoms with Gasteiger partial charge in [-0.05, 0) is 56.9 Å². The molecule has 5 nitrogen and oxygen atoms in total. The Bertz CT molecular complexity index is 832. The van der Waals surface area contributed by atoms with E-state index in [2.05, 4.69) is 15.3 Å². The number of amides is 1. The van der Waals surface area contributed by atoms with Crippen LogP contribution < -0.4 is 10.3 Å². The molecule has 0 aliphatic carbocycles. The molecule has 0 fully saturated rings. The van der Waals surface area contributed by atoms with Gasteiger partial charge in [-0.1, -0.05) is 29.8 Å². The zero-order chi connectivity index (χ0) is 19.4. The number of anilines is 1. The minimum absolute atomic E-state index is 0.00355. The van der Waals surface area contributed by atoms with Gasteiger partial charge in [0.25, 0.3) is 5.91 Å². The van der Waals surface area contributed by atoms with Crippen LogP contribution in [0.5, 0.6) is 0 Å². The van der Waals surface area contributed by atoms with Crippen LogP contribution in [0.15, 0.2) is 53.6 Å². The van der Waals surface area contributed by atoms with E-state index >= 15 is 0 Å². The molecule has 1 unspecified atom stereocenters. The quantitative estimate of drug-likeness (QED) is 0.820. The Morgan fingerprint density at radius 3 is 2.52 bits per heavy atom. The van der Waals surface area contributed by atoms with Crippen LogP contribution in [0.2, 0.25) is 5.02 Å². The fourth-order valence-corrected chi connectivity index (χ4v) is 3.41. The van der Waals surface area contributed by atoms with Crippen molar-refractivity contribution in [3.05, 3.63) is 64.7 Å². The summed E-state index contributed by atoms with van der Waals surface area (Å²) in [6.45, 7) is 3.40. The number of likely N-dealkylation sites (N-methyl/N-ethyl adjacent to an activating group) is 1. The third kappa shape index (κ3) is 4.67. The van der Waals surface area contributed by atoms with Crippen molar-refractivity contribution in [1.29, 1.82) is 0 Å². The Labute approximate surface area is 165 Å². The van der Waals surface area contributed by atoms with Crippen molar-refractivity contribution in [3.63, 3.8) is 0 Å². The smallest absolute Gasteiger partial charge is 0.251 e. The highest BCUT2D eigenvalue weighted by molar-refractivity contribution is 6.31. The molecule has 0 saturated heterocycles. The maximum Gasteiger partial charge on any atom is 0.251 e. The lowest BCUT2D eigenvalue weighted by atomic mass is 10.1. The first kappa shape index (κ1) is 19.4. The molecule has 2 aromatic carbocycles. The molecule has 1 N–H and O–H groups in total. The van der Waals surface area contributed by atoms with Crippen LogP contribution in [0.3, 0.4) is 0 Å². The fourth-order valence-electron chi connectivity index (χ4n) is 3.15. The van der Waals surface area contributed by atoms with E-state index in [0.717, 1.165) is 29.9 Å². The average Bonchev–Trinajstić information content (AvgIpc) is 3.09. The molecule has 1 aliphatic rings. The highest BCUT2D eigenvalue weighted by Gasteiger charge is 2.18. The lowest BCUT2D eigenvalue weighted by molar-refractivity contribution is 0.0942. The van der Waals surface area contributed by atoms with Crippen LogP contribution in [-0.4, -0.2) is 43.7 Å². The molecular formula is C21H25ClN4O. The topological polar surface area (TPSA) is 47.9 Å². The summed E-state index contributed by atoms with van der Waals surface area (Å²) >= 11 is 6.33. The SMILES string of the molecule is CC1=NN(c2ccc(C(=O)NCC(c3ccccc3Cl)N(C)C)cc2)CC1. The number of benzene rings is 2. The highest BCUT2D eigenvalue weighted by Crippen LogP contribution is 2.25. The van der Waals surface area contributed by atoms with Crippen LogP contribution >= 0.6 is 11.6 Å². The molecule has 0 spiro atoms. The molecule has 0 bridgehead atoms. The van der Waals surface area contributed by atoms with Gasteiger partial charge in [0.15, 0.2) is 0 Å². The minimum Gasteiger partial charge on any atom is -0.350 e. The first-order valence-electron chi connectivity index (χ1n) is 9.06. The van der Waals surface area contributed by atoms with Crippen LogP contribution in [-0.2, 0) is 0 Å². The third-order valence-corrected chi connectivity index (χ3v) is 5.09. The first-order valence-corrected chi connectivity index (χ1v) is 9.44. The van der Waals surface area contributed by atoms with Crippen LogP contribution in [0.1, 0.15) is 35.3 Å². The van der Waals surface area contributed by atoms with Gasteiger partial charge in [0.2, 0.25) is 0 Å². The highest BCUT2D eigenvalue weighted by atomic mass is 35.5. The van der Waals surface area contributed by atoms with Crippen molar-refractivity contribution in [1.82, 2.24) is 10.2 Å². The zero-order valence-corrected chi connectivity index (χ0v) is 16.7. The molecular weight excluding hydrogens is 360 g/mol. The summed E-state index contributed by atoms with van der Waals surface area (Å²) in [6.07, 6.45) is 0.982. The number of rotatable bonds is 6. The van der Waals surface area contributed by atoms with Gasteiger partial charge in [-0.3, -0.25) is 9.80 Å². The Balaban J connectivity index is 1.65. The minimum atomic E-state index is -0.0958. The molecule has 0 radical (unpaired) electrons. The van der Waals surface area contributed by atoms with E-state index in [1.807, 2.05) is 74.6 Å². The van der Waals surface area contributed by atoms with E-state index in [9.17, 15) is 4.79 Å². The predicted octanol–water partition coefficient (Wildman–Crippen LogP) is 3.96. The van der Waals surface area contributed by atoms with Crippen molar-refractivity contribution in [2.24, 2.45) is 5.10 Å². The van der Waals surface area contributed by atoms with Gasteiger partial charge in [-0.15, -0.1) is 0 Å². The summed E-state index contributed by atoms with van der Waals surface area (Å²) in [7, 11) is 3.96. The fraction of sp³-hybridized carbons (Fsp3) is 0.333. The van der Waals surface area contributed by atoms with Gasteiger partial charge >= 0.3 is 0 Å². The number of hydrazone groups is 1.